The van der Waals surface area contributed by atoms with Gasteiger partial charge in [-0.25, -0.2) is 4.98 Å². The van der Waals surface area contributed by atoms with E-state index in [9.17, 15) is 5.11 Å². The van der Waals surface area contributed by atoms with E-state index in [1.54, 1.807) is 6.07 Å². The Labute approximate surface area is 175 Å². The summed E-state index contributed by atoms with van der Waals surface area (Å²) in [6.07, 6.45) is 9.28. The van der Waals surface area contributed by atoms with Gasteiger partial charge < -0.3 is 14.6 Å². The van der Waals surface area contributed by atoms with E-state index in [0.29, 0.717) is 18.2 Å². The topological polar surface area (TPSA) is 51.6 Å². The number of hydrogen-bond acceptors (Lipinski definition) is 4. The zero-order valence-corrected chi connectivity index (χ0v) is 18.0. The highest BCUT2D eigenvalue weighted by molar-refractivity contribution is 5.40. The minimum absolute atomic E-state index is 0.132. The average molecular weight is 398 g/mol. The molecule has 2 aromatic rings. The zero-order chi connectivity index (χ0) is 20.5. The second-order valence-corrected chi connectivity index (χ2v) is 8.02. The van der Waals surface area contributed by atoms with Crippen LogP contribution in [0.1, 0.15) is 68.3 Å². The van der Waals surface area contributed by atoms with Crippen molar-refractivity contribution in [2.45, 2.75) is 77.7 Å². The molecule has 1 unspecified atom stereocenters. The van der Waals surface area contributed by atoms with Crippen molar-refractivity contribution < 1.29 is 14.6 Å². The van der Waals surface area contributed by atoms with Crippen LogP contribution in [0, 0.1) is 0 Å². The molecular formula is C25H35NO3. The largest absolute Gasteiger partial charge is 0.507 e. The lowest BCUT2D eigenvalue weighted by atomic mass is 10.00. The molecule has 4 nitrogen and oxygen atoms in total. The highest BCUT2D eigenvalue weighted by Gasteiger charge is 2.17. The normalized spacial score (nSPS) is 16.7. The van der Waals surface area contributed by atoms with Crippen LogP contribution < -0.4 is 4.74 Å². The summed E-state index contributed by atoms with van der Waals surface area (Å²) in [5.41, 5.74) is 4.59. The fourth-order valence-electron chi connectivity index (χ4n) is 3.93. The number of aryl methyl sites for hydroxylation is 3. The molecule has 1 saturated heterocycles. The van der Waals surface area contributed by atoms with E-state index in [1.807, 2.05) is 0 Å². The Balaban J connectivity index is 1.67. The Morgan fingerprint density at radius 2 is 1.72 bits per heavy atom. The molecule has 1 aromatic carbocycles. The highest BCUT2D eigenvalue weighted by Crippen LogP contribution is 2.28. The summed E-state index contributed by atoms with van der Waals surface area (Å²) in [4.78, 5) is 4.76. The third kappa shape index (κ3) is 6.46. The third-order valence-electron chi connectivity index (χ3n) is 5.57. The molecule has 4 heteroatoms. The van der Waals surface area contributed by atoms with Crippen molar-refractivity contribution in [2.75, 3.05) is 13.2 Å². The zero-order valence-electron chi connectivity index (χ0n) is 18.0. The molecule has 1 aromatic heterocycles. The quantitative estimate of drug-likeness (QED) is 0.581. The minimum atomic E-state index is 0.132. The van der Waals surface area contributed by atoms with Crippen LogP contribution >= 0.6 is 0 Å². The fraction of sp³-hybridized carbons (Fsp3) is 0.560. The summed E-state index contributed by atoms with van der Waals surface area (Å²) in [5.74, 6) is 0.805. The summed E-state index contributed by atoms with van der Waals surface area (Å²) in [6.45, 7) is 5.64. The summed E-state index contributed by atoms with van der Waals surface area (Å²) < 4.78 is 11.6. The molecule has 158 valence electrons. The van der Waals surface area contributed by atoms with Crippen LogP contribution in [-0.4, -0.2) is 29.4 Å². The highest BCUT2D eigenvalue weighted by atomic mass is 16.5. The first-order chi connectivity index (χ1) is 14.2. The van der Waals surface area contributed by atoms with E-state index in [4.69, 9.17) is 14.5 Å². The predicted molar refractivity (Wildman–Crippen MR) is 117 cm³/mol. The molecule has 0 bridgehead atoms. The molecule has 29 heavy (non-hydrogen) atoms. The van der Waals surface area contributed by atoms with Gasteiger partial charge in [-0.15, -0.1) is 0 Å². The molecule has 1 aliphatic heterocycles. The molecule has 1 atom stereocenters. The molecule has 2 heterocycles. The number of nitrogens with zero attached hydrogens (tertiary/aromatic N) is 1. The lowest BCUT2D eigenvalue weighted by Crippen LogP contribution is -2.26. The second kappa shape index (κ2) is 11.2. The Bertz CT molecular complexity index is 751. The summed E-state index contributed by atoms with van der Waals surface area (Å²) in [6, 6.07) is 10.5. The average Bonchev–Trinajstić information content (AvgIpc) is 2.75. The van der Waals surface area contributed by atoms with Crippen molar-refractivity contribution in [1.82, 2.24) is 4.98 Å². The number of aromatic nitrogens is 1. The number of aromatic hydroxyl groups is 1. The molecule has 1 N–H and O–H groups in total. The Kier molecular flexibility index (Phi) is 8.36. The van der Waals surface area contributed by atoms with Crippen molar-refractivity contribution in [2.24, 2.45) is 0 Å². The van der Waals surface area contributed by atoms with Crippen molar-refractivity contribution in [1.29, 1.82) is 0 Å². The van der Waals surface area contributed by atoms with E-state index < -0.39 is 0 Å². The maximum absolute atomic E-state index is 10.6. The van der Waals surface area contributed by atoms with Gasteiger partial charge in [-0.2, -0.15) is 0 Å². The number of pyridine rings is 1. The minimum Gasteiger partial charge on any atom is -0.507 e. The molecule has 0 aliphatic carbocycles. The van der Waals surface area contributed by atoms with Crippen LogP contribution in [0.5, 0.6) is 11.6 Å². The first kappa shape index (κ1) is 21.6. The van der Waals surface area contributed by atoms with Crippen molar-refractivity contribution >= 4 is 0 Å². The lowest BCUT2D eigenvalue weighted by Gasteiger charge is -2.22. The maximum Gasteiger partial charge on any atom is 0.217 e. The first-order valence-electron chi connectivity index (χ1n) is 11.2. The van der Waals surface area contributed by atoms with Crippen LogP contribution in [0.2, 0.25) is 0 Å². The van der Waals surface area contributed by atoms with Gasteiger partial charge in [-0.05, 0) is 56.1 Å². The maximum atomic E-state index is 10.6. The second-order valence-electron chi connectivity index (χ2n) is 8.02. The number of ether oxygens (including phenoxy) is 2. The van der Waals surface area contributed by atoms with Crippen molar-refractivity contribution in [3.8, 4) is 11.6 Å². The van der Waals surface area contributed by atoms with E-state index in [-0.39, 0.29) is 6.10 Å². The lowest BCUT2D eigenvalue weighted by molar-refractivity contribution is -0.0120. The molecule has 0 saturated carbocycles. The Morgan fingerprint density at radius 3 is 2.38 bits per heavy atom. The van der Waals surface area contributed by atoms with Gasteiger partial charge in [0.15, 0.2) is 0 Å². The predicted octanol–water partition coefficient (Wildman–Crippen LogP) is 5.43. The smallest absolute Gasteiger partial charge is 0.217 e. The first-order valence-corrected chi connectivity index (χ1v) is 11.2. The van der Waals surface area contributed by atoms with Gasteiger partial charge in [-0.3, -0.25) is 0 Å². The molecule has 3 rings (SSSR count). The molecule has 1 aliphatic rings. The van der Waals surface area contributed by atoms with Gasteiger partial charge >= 0.3 is 0 Å². The van der Waals surface area contributed by atoms with E-state index in [0.717, 1.165) is 62.8 Å². The number of hydrogen-bond donors (Lipinski definition) is 1. The fourth-order valence-corrected chi connectivity index (χ4v) is 3.93. The Hall–Kier alpha value is -2.07. The van der Waals surface area contributed by atoms with Gasteiger partial charge in [0.25, 0.3) is 0 Å². The molecule has 0 spiro atoms. The van der Waals surface area contributed by atoms with Crippen LogP contribution in [0.25, 0.3) is 0 Å². The molecule has 1 fully saturated rings. The van der Waals surface area contributed by atoms with Gasteiger partial charge in [0.05, 0.1) is 11.8 Å². The summed E-state index contributed by atoms with van der Waals surface area (Å²) in [5, 5.41) is 10.6. The standard InChI is InChI=1S/C25H35NO3/c1-3-7-19-10-12-20(13-11-19)14-15-23-22(8-4-2)24(27)17-25(26-23)29-18-21-9-5-6-16-28-21/h10-13,17,21H,3-9,14-16,18H2,1-2H3,(H,26,27). The summed E-state index contributed by atoms with van der Waals surface area (Å²) in [7, 11) is 0. The molecule has 0 amide bonds. The number of benzene rings is 1. The van der Waals surface area contributed by atoms with Crippen LogP contribution in [-0.2, 0) is 30.4 Å². The summed E-state index contributed by atoms with van der Waals surface area (Å²) >= 11 is 0. The molecule has 0 radical (unpaired) electrons. The van der Waals surface area contributed by atoms with Gasteiger partial charge in [0.1, 0.15) is 12.4 Å². The van der Waals surface area contributed by atoms with Crippen molar-refractivity contribution in [3.05, 3.63) is 52.7 Å². The van der Waals surface area contributed by atoms with Crippen LogP contribution in [0.15, 0.2) is 30.3 Å². The Morgan fingerprint density at radius 1 is 1.00 bits per heavy atom. The SMILES string of the molecule is CCCc1ccc(CCc2nc(OCC3CCCCO3)cc(O)c2CCC)cc1. The van der Waals surface area contributed by atoms with Crippen LogP contribution in [0.4, 0.5) is 0 Å². The monoisotopic (exact) mass is 397 g/mol. The van der Waals surface area contributed by atoms with E-state index >= 15 is 0 Å². The van der Waals surface area contributed by atoms with Gasteiger partial charge in [-0.1, -0.05) is 51.0 Å². The number of rotatable bonds is 10. The third-order valence-corrected chi connectivity index (χ3v) is 5.57. The van der Waals surface area contributed by atoms with Crippen LogP contribution in [0.3, 0.4) is 0 Å². The van der Waals surface area contributed by atoms with Gasteiger partial charge in [0.2, 0.25) is 5.88 Å². The molecular weight excluding hydrogens is 362 g/mol. The van der Waals surface area contributed by atoms with E-state index in [2.05, 4.69) is 38.1 Å². The van der Waals surface area contributed by atoms with Gasteiger partial charge in [0, 0.05) is 18.2 Å². The van der Waals surface area contributed by atoms with E-state index in [1.165, 1.54) is 24.0 Å². The van der Waals surface area contributed by atoms with Crippen molar-refractivity contribution in [3.63, 3.8) is 0 Å².